The van der Waals surface area contributed by atoms with Crippen molar-refractivity contribution in [2.45, 2.75) is 50.7 Å². The van der Waals surface area contributed by atoms with Gasteiger partial charge in [0.15, 0.2) is 0 Å². The fraction of sp³-hybridized carbons (Fsp3) is 0.435. The van der Waals surface area contributed by atoms with Gasteiger partial charge >= 0.3 is 0 Å². The summed E-state index contributed by atoms with van der Waals surface area (Å²) in [7, 11) is 0. The Kier molecular flexibility index (Phi) is 7.78. The molecule has 2 aromatic heterocycles. The molecule has 28 heavy (non-hydrogen) atoms. The molecule has 2 fully saturated rings. The van der Waals surface area contributed by atoms with E-state index < -0.39 is 0 Å². The van der Waals surface area contributed by atoms with E-state index in [0.717, 1.165) is 36.3 Å². The van der Waals surface area contributed by atoms with E-state index in [4.69, 9.17) is 0 Å². The molecule has 2 aliphatic carbocycles. The number of hydrogen-bond acceptors (Lipinski definition) is 4. The van der Waals surface area contributed by atoms with Crippen molar-refractivity contribution >= 4 is 21.4 Å². The van der Waals surface area contributed by atoms with E-state index in [0.29, 0.717) is 5.92 Å². The molecule has 4 atom stereocenters. The van der Waals surface area contributed by atoms with Gasteiger partial charge in [0.25, 0.3) is 0 Å². The summed E-state index contributed by atoms with van der Waals surface area (Å²) in [4.78, 5) is 5.43. The maximum absolute atomic E-state index is 9.77. The van der Waals surface area contributed by atoms with Crippen LogP contribution < -0.4 is 0 Å². The molecule has 0 bridgehead atoms. The number of aliphatic hydroxyl groups is 2. The summed E-state index contributed by atoms with van der Waals surface area (Å²) in [5.41, 5.74) is 0.999. The average Bonchev–Trinajstić information content (AvgIpc) is 3.24. The van der Waals surface area contributed by atoms with Crippen LogP contribution in [0.25, 0.3) is 20.7 Å². The first-order valence-corrected chi connectivity index (χ1v) is 10.7. The second-order valence-electron chi connectivity index (χ2n) is 7.60. The van der Waals surface area contributed by atoms with Crippen LogP contribution in [0, 0.1) is 17.9 Å². The maximum atomic E-state index is 9.77. The third kappa shape index (κ3) is 4.90. The van der Waals surface area contributed by atoms with E-state index in [1.807, 2.05) is 30.5 Å². The normalized spacial score (nSPS) is 26.5. The number of fused-ring (bicyclic) bond motifs is 2. The minimum atomic E-state index is -0.227. The van der Waals surface area contributed by atoms with Crippen molar-refractivity contribution < 1.29 is 30.3 Å². The van der Waals surface area contributed by atoms with Gasteiger partial charge in [-0.1, -0.05) is 37.1 Å². The van der Waals surface area contributed by atoms with Gasteiger partial charge < -0.3 is 15.2 Å². The third-order valence-electron chi connectivity index (χ3n) is 5.84. The molecule has 4 unspecified atom stereocenters. The first-order valence-electron chi connectivity index (χ1n) is 9.91. The largest absolute Gasteiger partial charge is 0.393 e. The number of rotatable bonds is 1. The fourth-order valence-electron chi connectivity index (χ4n) is 4.47. The molecule has 3 nitrogen and oxygen atoms in total. The van der Waals surface area contributed by atoms with Gasteiger partial charge in [-0.05, 0) is 47.2 Å². The monoisotopic (exact) mass is 573 g/mol. The average molecular weight is 573 g/mol. The van der Waals surface area contributed by atoms with Crippen molar-refractivity contribution in [3.63, 3.8) is 0 Å². The zero-order valence-corrected chi connectivity index (χ0v) is 19.0. The summed E-state index contributed by atoms with van der Waals surface area (Å²) < 4.78 is 1.26. The van der Waals surface area contributed by atoms with Crippen LogP contribution in [0.3, 0.4) is 0 Å². The van der Waals surface area contributed by atoms with E-state index in [-0.39, 0.29) is 38.2 Å². The molecule has 2 heterocycles. The molecule has 5 rings (SSSR count). The molecule has 0 saturated heterocycles. The zero-order valence-electron chi connectivity index (χ0n) is 15.8. The van der Waals surface area contributed by atoms with Gasteiger partial charge in [-0.3, -0.25) is 0 Å². The van der Waals surface area contributed by atoms with Gasteiger partial charge in [0.2, 0.25) is 0 Å². The molecule has 2 saturated carbocycles. The van der Waals surface area contributed by atoms with Gasteiger partial charge in [0.1, 0.15) is 0 Å². The molecule has 2 N–H and O–H groups in total. The maximum Gasteiger partial charge on any atom is 0.0595 e. The number of hydrogen-bond donors (Lipinski definition) is 2. The number of thiophene rings is 1. The SMILES string of the molecule is OC1CCCCC2CCC(O)C12.[Ir].[c-]1c(-c2ccccn2)sc2ccccc12. The summed E-state index contributed by atoms with van der Waals surface area (Å²) in [6.45, 7) is 0. The molecular weight excluding hydrogens is 547 g/mol. The number of aliphatic hydroxyl groups excluding tert-OH is 2. The molecule has 151 valence electrons. The molecule has 1 aromatic carbocycles. The van der Waals surface area contributed by atoms with Crippen LogP contribution in [0.1, 0.15) is 38.5 Å². The Hall–Kier alpha value is -1.10. The van der Waals surface area contributed by atoms with Crippen LogP contribution in [0.15, 0.2) is 48.7 Å². The molecular formula is C23H26IrNO2S-. The number of aromatic nitrogens is 1. The van der Waals surface area contributed by atoms with Crippen LogP contribution in [0.4, 0.5) is 0 Å². The number of nitrogens with zero attached hydrogens (tertiary/aromatic N) is 1. The molecule has 1 radical (unpaired) electrons. The molecule has 3 aromatic rings. The Bertz CT molecular complexity index is 836. The molecule has 2 aliphatic rings. The van der Waals surface area contributed by atoms with Crippen LogP contribution in [0.2, 0.25) is 0 Å². The predicted octanol–water partition coefficient (Wildman–Crippen LogP) is 5.07. The van der Waals surface area contributed by atoms with E-state index >= 15 is 0 Å². The second kappa shape index (κ2) is 10.1. The van der Waals surface area contributed by atoms with Crippen LogP contribution in [-0.2, 0) is 20.1 Å². The van der Waals surface area contributed by atoms with E-state index in [9.17, 15) is 10.2 Å². The van der Waals surface area contributed by atoms with Gasteiger partial charge in [-0.2, -0.15) is 0 Å². The van der Waals surface area contributed by atoms with E-state index in [1.54, 1.807) is 11.3 Å². The predicted molar refractivity (Wildman–Crippen MR) is 111 cm³/mol. The summed E-state index contributed by atoms with van der Waals surface area (Å²) in [6, 6.07) is 17.6. The van der Waals surface area contributed by atoms with Crippen LogP contribution in [-0.4, -0.2) is 27.4 Å². The van der Waals surface area contributed by atoms with Gasteiger partial charge in [0, 0.05) is 37.9 Å². The third-order valence-corrected chi connectivity index (χ3v) is 6.93. The van der Waals surface area contributed by atoms with Gasteiger partial charge in [-0.25, -0.2) is 11.3 Å². The molecule has 0 spiro atoms. The molecule has 0 amide bonds. The Morgan fingerprint density at radius 1 is 0.893 bits per heavy atom. The standard InChI is InChI=1S/C13H8NS.C10H18O2.Ir/c1-2-7-12-10(5-1)9-13(15-12)11-6-3-4-8-14-11;11-8-4-2-1-3-7-5-6-9(12)10(7)8;/h1-8H;7-12H,1-6H2;/q-1;;. The summed E-state index contributed by atoms with van der Waals surface area (Å²) in [6.07, 6.45) is 7.91. The van der Waals surface area contributed by atoms with Crippen molar-refractivity contribution in [2.75, 3.05) is 0 Å². The van der Waals surface area contributed by atoms with E-state index in [1.165, 1.54) is 22.9 Å². The topological polar surface area (TPSA) is 53.4 Å². The van der Waals surface area contributed by atoms with E-state index in [2.05, 4.69) is 29.2 Å². The summed E-state index contributed by atoms with van der Waals surface area (Å²) >= 11 is 1.73. The number of benzene rings is 1. The summed E-state index contributed by atoms with van der Waals surface area (Å²) in [5, 5.41) is 20.6. The first kappa shape index (κ1) is 21.6. The van der Waals surface area contributed by atoms with Crippen molar-refractivity contribution in [2.24, 2.45) is 11.8 Å². The quantitative estimate of drug-likeness (QED) is 0.401. The van der Waals surface area contributed by atoms with Gasteiger partial charge in [0.05, 0.1) is 12.2 Å². The molecule has 5 heteroatoms. The second-order valence-corrected chi connectivity index (χ2v) is 8.65. The zero-order chi connectivity index (χ0) is 18.6. The Labute approximate surface area is 184 Å². The van der Waals surface area contributed by atoms with Crippen molar-refractivity contribution in [1.29, 1.82) is 0 Å². The number of pyridine rings is 1. The Morgan fingerprint density at radius 3 is 2.43 bits per heavy atom. The van der Waals surface area contributed by atoms with Crippen LogP contribution >= 0.6 is 11.3 Å². The summed E-state index contributed by atoms with van der Waals surface area (Å²) in [5.74, 6) is 0.810. The van der Waals surface area contributed by atoms with Gasteiger partial charge in [-0.15, -0.1) is 23.6 Å². The van der Waals surface area contributed by atoms with Crippen LogP contribution in [0.5, 0.6) is 0 Å². The molecule has 0 aliphatic heterocycles. The smallest absolute Gasteiger partial charge is 0.0595 e. The first-order chi connectivity index (χ1) is 13.2. The van der Waals surface area contributed by atoms with Crippen molar-refractivity contribution in [3.8, 4) is 10.6 Å². The van der Waals surface area contributed by atoms with Crippen molar-refractivity contribution in [1.82, 2.24) is 4.98 Å². The Morgan fingerprint density at radius 2 is 1.64 bits per heavy atom. The Balaban J connectivity index is 0.000000159. The fourth-order valence-corrected chi connectivity index (χ4v) is 5.46. The minimum Gasteiger partial charge on any atom is -0.393 e. The minimum absolute atomic E-state index is 0. The van der Waals surface area contributed by atoms with Crippen molar-refractivity contribution in [3.05, 3.63) is 54.7 Å².